The van der Waals surface area contributed by atoms with E-state index in [0.29, 0.717) is 22.8 Å². The molecule has 0 atom stereocenters. The molecule has 0 saturated carbocycles. The molecule has 1 heterocycles. The second-order valence-electron chi connectivity index (χ2n) is 5.20. The highest BCUT2D eigenvalue weighted by molar-refractivity contribution is 6.31. The monoisotopic (exact) mass is 365 g/mol. The fraction of sp³-hybridized carbons (Fsp3) is 0.267. The number of nitrogens with two attached hydrogens (primary N) is 1. The number of nitro benzene ring substituents is 1. The molecule has 1 aromatic heterocycles. The van der Waals surface area contributed by atoms with Crippen molar-refractivity contribution < 1.29 is 14.6 Å². The predicted molar refractivity (Wildman–Crippen MR) is 91.2 cm³/mol. The number of oxime groups is 1. The van der Waals surface area contributed by atoms with E-state index < -0.39 is 10.9 Å². The van der Waals surface area contributed by atoms with Crippen molar-refractivity contribution in [1.29, 1.82) is 0 Å². The zero-order valence-corrected chi connectivity index (χ0v) is 14.4. The molecule has 0 bridgehead atoms. The Bertz CT molecular complexity index is 829. The minimum atomic E-state index is -0.589. The van der Waals surface area contributed by atoms with Gasteiger partial charge in [0, 0.05) is 17.7 Å². The molecular formula is C15H16ClN5O4. The van der Waals surface area contributed by atoms with Gasteiger partial charge in [0.05, 0.1) is 34.3 Å². The molecule has 0 radical (unpaired) electrons. The third kappa shape index (κ3) is 4.54. The summed E-state index contributed by atoms with van der Waals surface area (Å²) in [5.74, 6) is -0.647. The first-order valence-corrected chi connectivity index (χ1v) is 7.65. The van der Waals surface area contributed by atoms with Gasteiger partial charge < -0.3 is 10.6 Å². The zero-order valence-electron chi connectivity index (χ0n) is 13.6. The molecule has 132 valence electrons. The van der Waals surface area contributed by atoms with Crippen LogP contribution in [0.4, 0.5) is 5.69 Å². The Kier molecular flexibility index (Phi) is 5.71. The number of aromatic nitrogens is 2. The second kappa shape index (κ2) is 7.75. The molecule has 0 spiro atoms. The van der Waals surface area contributed by atoms with E-state index in [4.69, 9.17) is 22.2 Å². The van der Waals surface area contributed by atoms with Gasteiger partial charge in [-0.05, 0) is 26.0 Å². The highest BCUT2D eigenvalue weighted by Crippen LogP contribution is 2.19. The summed E-state index contributed by atoms with van der Waals surface area (Å²) in [4.78, 5) is 26.6. The Morgan fingerprint density at radius 3 is 2.56 bits per heavy atom. The van der Waals surface area contributed by atoms with Crippen molar-refractivity contribution in [3.05, 3.63) is 56.4 Å². The molecule has 0 fully saturated rings. The quantitative estimate of drug-likeness (QED) is 0.275. The molecular weight excluding hydrogens is 350 g/mol. The van der Waals surface area contributed by atoms with E-state index >= 15 is 0 Å². The maximum atomic E-state index is 11.8. The van der Waals surface area contributed by atoms with Gasteiger partial charge >= 0.3 is 5.97 Å². The number of benzene rings is 1. The second-order valence-corrected chi connectivity index (χ2v) is 5.58. The summed E-state index contributed by atoms with van der Waals surface area (Å²) in [6, 6.07) is 5.41. The number of nitrogens with zero attached hydrogens (tertiary/aromatic N) is 4. The zero-order chi connectivity index (χ0) is 18.6. The highest BCUT2D eigenvalue weighted by Gasteiger charge is 2.12. The minimum absolute atomic E-state index is 0.0370. The number of hydrogen-bond acceptors (Lipinski definition) is 6. The first-order chi connectivity index (χ1) is 11.8. The molecule has 0 unspecified atom stereocenters. The first-order valence-electron chi connectivity index (χ1n) is 7.27. The summed E-state index contributed by atoms with van der Waals surface area (Å²) in [6.07, 6.45) is 0.0370. The van der Waals surface area contributed by atoms with Crippen LogP contribution < -0.4 is 5.73 Å². The normalized spacial score (nSPS) is 11.4. The van der Waals surface area contributed by atoms with Crippen LogP contribution >= 0.6 is 11.6 Å². The van der Waals surface area contributed by atoms with Gasteiger partial charge in [0.25, 0.3) is 5.69 Å². The number of nitro groups is 1. The lowest BCUT2D eigenvalue weighted by atomic mass is 10.2. The van der Waals surface area contributed by atoms with Gasteiger partial charge in [0.15, 0.2) is 5.84 Å². The molecule has 2 rings (SSSR count). The number of aryl methyl sites for hydroxylation is 2. The lowest BCUT2D eigenvalue weighted by Crippen LogP contribution is -2.16. The van der Waals surface area contributed by atoms with Crippen LogP contribution in [0, 0.1) is 24.0 Å². The summed E-state index contributed by atoms with van der Waals surface area (Å²) in [5, 5.41) is 18.9. The molecule has 10 heteroatoms. The number of rotatable bonds is 6. The van der Waals surface area contributed by atoms with E-state index in [-0.39, 0.29) is 17.9 Å². The fourth-order valence-corrected chi connectivity index (χ4v) is 2.18. The Labute approximate surface area is 148 Å². The molecule has 2 aromatic rings. The SMILES string of the molecule is Cc1nn(CCC(=O)O/N=C(\N)c2ccc([N+](=O)[O-])cc2)c(C)c1Cl. The van der Waals surface area contributed by atoms with Gasteiger partial charge in [0.2, 0.25) is 0 Å². The Morgan fingerprint density at radius 2 is 2.04 bits per heavy atom. The van der Waals surface area contributed by atoms with Crippen LogP contribution in [0.2, 0.25) is 5.02 Å². The van der Waals surface area contributed by atoms with E-state index in [0.717, 1.165) is 5.69 Å². The van der Waals surface area contributed by atoms with E-state index in [1.807, 2.05) is 0 Å². The Balaban J connectivity index is 1.92. The van der Waals surface area contributed by atoms with Gasteiger partial charge in [-0.1, -0.05) is 16.8 Å². The molecule has 9 nitrogen and oxygen atoms in total. The summed E-state index contributed by atoms with van der Waals surface area (Å²) in [6.45, 7) is 3.88. The van der Waals surface area contributed by atoms with Gasteiger partial charge in [-0.15, -0.1) is 0 Å². The standard InChI is InChI=1S/C15H16ClN5O4/c1-9-14(16)10(2)20(18-9)8-7-13(22)25-19-15(17)11-3-5-12(6-4-11)21(23)24/h3-6H,7-8H2,1-2H3,(H2,17,19). The molecule has 25 heavy (non-hydrogen) atoms. The number of amidine groups is 1. The van der Waals surface area contributed by atoms with Crippen LogP contribution in [0.1, 0.15) is 23.4 Å². The number of halogens is 1. The van der Waals surface area contributed by atoms with Crippen LogP contribution in [0.15, 0.2) is 29.4 Å². The smallest absolute Gasteiger partial charge is 0.336 e. The van der Waals surface area contributed by atoms with Crippen molar-refractivity contribution >= 4 is 29.1 Å². The average Bonchev–Trinajstić information content (AvgIpc) is 2.84. The van der Waals surface area contributed by atoms with Crippen molar-refractivity contribution in [2.24, 2.45) is 10.9 Å². The number of carbonyl (C=O) groups excluding carboxylic acids is 1. The molecule has 1 aromatic carbocycles. The molecule has 0 saturated heterocycles. The molecule has 0 aliphatic heterocycles. The van der Waals surface area contributed by atoms with Gasteiger partial charge in [-0.25, -0.2) is 4.79 Å². The highest BCUT2D eigenvalue weighted by atomic mass is 35.5. The number of hydrogen-bond donors (Lipinski definition) is 1. The molecule has 2 N–H and O–H groups in total. The summed E-state index contributed by atoms with van der Waals surface area (Å²) in [5.41, 5.74) is 7.48. The summed E-state index contributed by atoms with van der Waals surface area (Å²) < 4.78 is 1.61. The maximum Gasteiger partial charge on any atom is 0.336 e. The van der Waals surface area contributed by atoms with Crippen molar-refractivity contribution in [3.8, 4) is 0 Å². The topological polar surface area (TPSA) is 126 Å². The molecule has 0 amide bonds. The van der Waals surface area contributed by atoms with Gasteiger partial charge in [-0.2, -0.15) is 5.10 Å². The third-order valence-corrected chi connectivity index (χ3v) is 3.99. The van der Waals surface area contributed by atoms with Crippen LogP contribution in [0.3, 0.4) is 0 Å². The van der Waals surface area contributed by atoms with Crippen LogP contribution in [-0.2, 0) is 16.2 Å². The first kappa shape index (κ1) is 18.4. The largest absolute Gasteiger partial charge is 0.380 e. The third-order valence-electron chi connectivity index (χ3n) is 3.44. The maximum absolute atomic E-state index is 11.8. The summed E-state index contributed by atoms with van der Waals surface area (Å²) in [7, 11) is 0. The number of non-ortho nitro benzene ring substituents is 1. The van der Waals surface area contributed by atoms with Crippen molar-refractivity contribution in [2.45, 2.75) is 26.8 Å². The van der Waals surface area contributed by atoms with Gasteiger partial charge in [0.1, 0.15) is 0 Å². The van der Waals surface area contributed by atoms with Crippen molar-refractivity contribution in [2.75, 3.05) is 0 Å². The van der Waals surface area contributed by atoms with E-state index in [9.17, 15) is 14.9 Å². The van der Waals surface area contributed by atoms with E-state index in [1.54, 1.807) is 18.5 Å². The van der Waals surface area contributed by atoms with Crippen molar-refractivity contribution in [3.63, 3.8) is 0 Å². The van der Waals surface area contributed by atoms with E-state index in [1.165, 1.54) is 24.3 Å². The number of carbonyl (C=O) groups is 1. The minimum Gasteiger partial charge on any atom is -0.380 e. The van der Waals surface area contributed by atoms with E-state index in [2.05, 4.69) is 10.3 Å². The lowest BCUT2D eigenvalue weighted by molar-refractivity contribution is -0.384. The van der Waals surface area contributed by atoms with Gasteiger partial charge in [-0.3, -0.25) is 14.8 Å². The Hall–Kier alpha value is -2.94. The molecule has 0 aliphatic rings. The predicted octanol–water partition coefficient (Wildman–Crippen LogP) is 2.32. The Morgan fingerprint density at radius 1 is 1.40 bits per heavy atom. The van der Waals surface area contributed by atoms with Crippen LogP contribution in [-0.4, -0.2) is 26.5 Å². The van der Waals surface area contributed by atoms with Crippen LogP contribution in [0.5, 0.6) is 0 Å². The van der Waals surface area contributed by atoms with Crippen molar-refractivity contribution in [1.82, 2.24) is 9.78 Å². The molecule has 0 aliphatic carbocycles. The average molecular weight is 366 g/mol. The fourth-order valence-electron chi connectivity index (χ4n) is 2.04. The van der Waals surface area contributed by atoms with Crippen LogP contribution in [0.25, 0.3) is 0 Å². The summed E-state index contributed by atoms with van der Waals surface area (Å²) >= 11 is 6.03. The lowest BCUT2D eigenvalue weighted by Gasteiger charge is -2.03.